The summed E-state index contributed by atoms with van der Waals surface area (Å²) >= 11 is 0. The van der Waals surface area contributed by atoms with E-state index in [1.54, 1.807) is 0 Å². The second kappa shape index (κ2) is 9.89. The van der Waals surface area contributed by atoms with Gasteiger partial charge in [-0.15, -0.1) is 5.10 Å². The molecule has 0 spiro atoms. The summed E-state index contributed by atoms with van der Waals surface area (Å²) in [5.41, 5.74) is 5.29. The van der Waals surface area contributed by atoms with E-state index >= 15 is 0 Å². The van der Waals surface area contributed by atoms with Gasteiger partial charge in [-0.2, -0.15) is 0 Å². The van der Waals surface area contributed by atoms with E-state index in [0.717, 1.165) is 41.6 Å². The molecule has 0 radical (unpaired) electrons. The molecule has 2 heterocycles. The highest BCUT2D eigenvalue weighted by Crippen LogP contribution is 2.29. The van der Waals surface area contributed by atoms with Gasteiger partial charge >= 0.3 is 0 Å². The first-order valence-corrected chi connectivity index (χ1v) is 12.3. The highest BCUT2D eigenvalue weighted by molar-refractivity contribution is 5.79. The normalized spacial score (nSPS) is 14.4. The lowest BCUT2D eigenvalue weighted by atomic mass is 10.1. The van der Waals surface area contributed by atoms with Crippen molar-refractivity contribution in [3.8, 4) is 0 Å². The smallest absolute Gasteiger partial charge is 0.252 e. The molecule has 0 amide bonds. The van der Waals surface area contributed by atoms with E-state index < -0.39 is 0 Å². The lowest BCUT2D eigenvalue weighted by Crippen LogP contribution is -2.28. The largest absolute Gasteiger partial charge is 0.322 e. The van der Waals surface area contributed by atoms with Crippen LogP contribution in [0.5, 0.6) is 0 Å². The zero-order valence-corrected chi connectivity index (χ0v) is 20.0. The number of benzene rings is 2. The molecule has 1 saturated carbocycles. The zero-order chi connectivity index (χ0) is 23.5. The average Bonchev–Trinajstić information content (AvgIpc) is 3.53. The molecule has 1 aliphatic rings. The molecule has 1 aliphatic carbocycles. The van der Waals surface area contributed by atoms with Crippen molar-refractivity contribution in [3.05, 3.63) is 87.0 Å². The Morgan fingerprint density at radius 1 is 1.00 bits per heavy atom. The maximum atomic E-state index is 13.0. The number of aromatic nitrogens is 5. The van der Waals surface area contributed by atoms with Crippen molar-refractivity contribution in [2.45, 2.75) is 71.6 Å². The SMILES string of the molecule is CCc1ccc2[nH]c(=O)c(CN(Cc3ccc(C)cc3)Cc3nnnn3C3CCCC3)cc2c1. The van der Waals surface area contributed by atoms with Gasteiger partial charge in [0.1, 0.15) is 0 Å². The van der Waals surface area contributed by atoms with Crippen molar-refractivity contribution in [3.63, 3.8) is 0 Å². The van der Waals surface area contributed by atoms with Gasteiger partial charge in [-0.25, -0.2) is 4.68 Å². The second-order valence-electron chi connectivity index (χ2n) is 9.51. The Balaban J connectivity index is 1.46. The first-order chi connectivity index (χ1) is 16.6. The molecule has 1 N–H and O–H groups in total. The Morgan fingerprint density at radius 3 is 2.53 bits per heavy atom. The van der Waals surface area contributed by atoms with Crippen LogP contribution in [0.4, 0.5) is 0 Å². The number of hydrogen-bond donors (Lipinski definition) is 1. The molecule has 0 saturated heterocycles. The third-order valence-corrected chi connectivity index (χ3v) is 6.91. The number of nitrogens with zero attached hydrogens (tertiary/aromatic N) is 5. The fourth-order valence-corrected chi connectivity index (χ4v) is 4.95. The van der Waals surface area contributed by atoms with E-state index in [4.69, 9.17) is 0 Å². The minimum atomic E-state index is -0.0407. The van der Waals surface area contributed by atoms with Crippen LogP contribution < -0.4 is 5.56 Å². The van der Waals surface area contributed by atoms with E-state index in [1.807, 2.05) is 16.8 Å². The van der Waals surface area contributed by atoms with Crippen LogP contribution in [-0.4, -0.2) is 30.1 Å². The molecule has 2 aromatic carbocycles. The maximum Gasteiger partial charge on any atom is 0.252 e. The van der Waals surface area contributed by atoms with E-state index in [0.29, 0.717) is 25.7 Å². The molecule has 5 rings (SSSR count). The predicted octanol–water partition coefficient (Wildman–Crippen LogP) is 4.70. The summed E-state index contributed by atoms with van der Waals surface area (Å²) in [7, 11) is 0. The van der Waals surface area contributed by atoms with Crippen molar-refractivity contribution >= 4 is 10.9 Å². The van der Waals surface area contributed by atoms with Crippen molar-refractivity contribution in [1.29, 1.82) is 0 Å². The summed E-state index contributed by atoms with van der Waals surface area (Å²) in [5, 5.41) is 13.7. The fourth-order valence-electron chi connectivity index (χ4n) is 4.95. The highest BCUT2D eigenvalue weighted by Gasteiger charge is 2.23. The molecule has 34 heavy (non-hydrogen) atoms. The number of fused-ring (bicyclic) bond motifs is 1. The number of H-pyrrole nitrogens is 1. The summed E-state index contributed by atoms with van der Waals surface area (Å²) in [6, 6.07) is 17.2. The van der Waals surface area contributed by atoms with Crippen LogP contribution in [0.15, 0.2) is 53.3 Å². The monoisotopic (exact) mass is 456 g/mol. The molecule has 0 bridgehead atoms. The quantitative estimate of drug-likeness (QED) is 0.416. The molecule has 2 aromatic heterocycles. The first-order valence-electron chi connectivity index (χ1n) is 12.3. The number of nitrogens with one attached hydrogen (secondary N) is 1. The Morgan fingerprint density at radius 2 is 1.76 bits per heavy atom. The van der Waals surface area contributed by atoms with E-state index in [-0.39, 0.29) is 5.56 Å². The van der Waals surface area contributed by atoms with Crippen LogP contribution in [0, 0.1) is 6.92 Å². The van der Waals surface area contributed by atoms with Crippen LogP contribution in [0.25, 0.3) is 10.9 Å². The van der Waals surface area contributed by atoms with Crippen LogP contribution in [0.3, 0.4) is 0 Å². The van der Waals surface area contributed by atoms with Crippen molar-refractivity contribution < 1.29 is 0 Å². The van der Waals surface area contributed by atoms with Crippen molar-refractivity contribution in [1.82, 2.24) is 30.1 Å². The van der Waals surface area contributed by atoms with Gasteiger partial charge in [-0.1, -0.05) is 55.7 Å². The number of rotatable bonds is 8. The van der Waals surface area contributed by atoms with Crippen molar-refractivity contribution in [2.75, 3.05) is 0 Å². The summed E-state index contributed by atoms with van der Waals surface area (Å²) in [5.74, 6) is 0.865. The Labute approximate surface area is 199 Å². The van der Waals surface area contributed by atoms with E-state index in [1.165, 1.54) is 29.5 Å². The summed E-state index contributed by atoms with van der Waals surface area (Å²) in [6.45, 7) is 6.06. The average molecular weight is 457 g/mol. The Hall–Kier alpha value is -3.32. The molecule has 1 fully saturated rings. The number of tetrazole rings is 1. The molecule has 0 aliphatic heterocycles. The minimum absolute atomic E-state index is 0.0407. The third kappa shape index (κ3) is 4.94. The summed E-state index contributed by atoms with van der Waals surface area (Å²) in [6.07, 6.45) is 5.67. The third-order valence-electron chi connectivity index (χ3n) is 6.91. The lowest BCUT2D eigenvalue weighted by Gasteiger charge is -2.23. The number of hydrogen-bond acceptors (Lipinski definition) is 5. The van der Waals surface area contributed by atoms with Gasteiger partial charge < -0.3 is 4.98 Å². The van der Waals surface area contributed by atoms with Gasteiger partial charge in [0, 0.05) is 24.2 Å². The van der Waals surface area contributed by atoms with Crippen LogP contribution in [0.2, 0.25) is 0 Å². The summed E-state index contributed by atoms with van der Waals surface area (Å²) in [4.78, 5) is 18.3. The summed E-state index contributed by atoms with van der Waals surface area (Å²) < 4.78 is 2.01. The van der Waals surface area contributed by atoms with Gasteiger partial charge in [-0.05, 0) is 71.3 Å². The van der Waals surface area contributed by atoms with Crippen LogP contribution >= 0.6 is 0 Å². The van der Waals surface area contributed by atoms with Gasteiger partial charge in [0.15, 0.2) is 5.82 Å². The first kappa shape index (κ1) is 22.5. The van der Waals surface area contributed by atoms with Gasteiger partial charge in [-0.3, -0.25) is 9.69 Å². The van der Waals surface area contributed by atoms with E-state index in [9.17, 15) is 4.79 Å². The second-order valence-corrected chi connectivity index (χ2v) is 9.51. The van der Waals surface area contributed by atoms with Gasteiger partial charge in [0.2, 0.25) is 0 Å². The van der Waals surface area contributed by atoms with Crippen LogP contribution in [0.1, 0.15) is 66.7 Å². The Kier molecular flexibility index (Phi) is 6.54. The predicted molar refractivity (Wildman–Crippen MR) is 133 cm³/mol. The van der Waals surface area contributed by atoms with Crippen molar-refractivity contribution in [2.24, 2.45) is 0 Å². The van der Waals surface area contributed by atoms with Gasteiger partial charge in [0.25, 0.3) is 5.56 Å². The lowest BCUT2D eigenvalue weighted by molar-refractivity contribution is 0.231. The topological polar surface area (TPSA) is 79.7 Å². The molecule has 0 atom stereocenters. The molecule has 0 unspecified atom stereocenters. The molecule has 4 aromatic rings. The minimum Gasteiger partial charge on any atom is -0.322 e. The standard InChI is InChI=1S/C27H32N6O/c1-3-20-12-13-25-22(14-20)15-23(27(34)28-25)17-32(16-21-10-8-19(2)9-11-21)18-26-29-30-31-33(26)24-6-4-5-7-24/h8-15,24H,3-7,16-18H2,1-2H3,(H,28,34). The van der Waals surface area contributed by atoms with Gasteiger partial charge in [0.05, 0.1) is 12.6 Å². The van der Waals surface area contributed by atoms with E-state index in [2.05, 4.69) is 75.7 Å². The maximum absolute atomic E-state index is 13.0. The zero-order valence-electron chi connectivity index (χ0n) is 20.0. The number of pyridine rings is 1. The molecular formula is C27H32N6O. The molecular weight excluding hydrogens is 424 g/mol. The molecule has 7 nitrogen and oxygen atoms in total. The number of aryl methyl sites for hydroxylation is 2. The highest BCUT2D eigenvalue weighted by atomic mass is 16.1. The number of aromatic amines is 1. The Bertz CT molecular complexity index is 1320. The van der Waals surface area contributed by atoms with Crippen LogP contribution in [-0.2, 0) is 26.1 Å². The molecule has 176 valence electrons. The fraction of sp³-hybridized carbons (Fsp3) is 0.407. The molecule has 7 heteroatoms.